The second-order valence-corrected chi connectivity index (χ2v) is 29.8. The third-order valence-corrected chi connectivity index (χ3v) is 19.8. The normalized spacial score (nSPS) is 15.4. The lowest BCUT2D eigenvalue weighted by Gasteiger charge is -2.11. The van der Waals surface area contributed by atoms with E-state index >= 15 is 0 Å². The molecule has 8 aromatic heterocycles. The number of methoxy groups -OCH3 is 2. The second kappa shape index (κ2) is 34.7. The first kappa shape index (κ1) is 80.7. The molecule has 17 rings (SSSR count). The van der Waals surface area contributed by atoms with Crippen molar-refractivity contribution in [1.82, 2.24) is 39.0 Å². The van der Waals surface area contributed by atoms with Crippen molar-refractivity contribution in [3.8, 4) is 11.5 Å². The standard InChI is InChI=1S/C27H23N3O2.C24H25N3O5.2C22H22FN3O/c1-17-13-18(2)28-21(17)15-23-26(32-3)16-22(29-23)25-14-20-11-7-8-12-24(20)30(25)27(31)19-9-5-4-6-10-19;1-14-8-15(2)25-18(14)10-20-23(31-3)11-19(26-20)22-9-16-6-4-5-7-21(16)27(22)24(30)32-13-17(29)12-28;1-12(2)27-22-11-20(19-9-15-8-16(23)5-6-17(15)25-19)26-21(22)10-18-13(3)7-14(4)24-18;1-12(2)27-22-11-20(19-8-15-5-6-16(23)9-18(15)25-19)26-21(22)10-17-13(3)7-14(4)24-17/h4-16,28H,1-3H3;4-11,17,25,28-29H,12-13H2,1-3H3;2*5-12,24,26H,1-4H3/b23-15+;20-10-;20-19?,21-10+;20-19?,21-10-. The zero-order valence-electron chi connectivity index (χ0n) is 68.0. The van der Waals surface area contributed by atoms with Crippen LogP contribution in [0.4, 0.5) is 13.6 Å². The van der Waals surface area contributed by atoms with Gasteiger partial charge in [0.2, 0.25) is 0 Å². The van der Waals surface area contributed by atoms with E-state index in [1.165, 1.54) is 40.0 Å². The Morgan fingerprint density at radius 2 is 0.898 bits per heavy atom. The summed E-state index contributed by atoms with van der Waals surface area (Å²) in [6.07, 6.45) is 13.8. The number of fused-ring (bicyclic) bond motifs is 4. The average molecular weight is 1580 g/mol. The fraction of sp³-hybridized carbons (Fsp3) is 0.200. The van der Waals surface area contributed by atoms with Crippen molar-refractivity contribution < 1.29 is 52.3 Å². The van der Waals surface area contributed by atoms with Crippen LogP contribution in [-0.2, 0) is 14.2 Å². The molecule has 4 aliphatic rings. The molecule has 0 spiro atoms. The van der Waals surface area contributed by atoms with Crippen LogP contribution in [0.15, 0.2) is 219 Å². The van der Waals surface area contributed by atoms with E-state index in [2.05, 4.69) is 84.9 Å². The van der Waals surface area contributed by atoms with Crippen LogP contribution in [0.3, 0.4) is 0 Å². The number of aliphatic hydroxyl groups is 2. The topological polar surface area (TPSA) is 275 Å². The van der Waals surface area contributed by atoms with Crippen LogP contribution in [-0.4, -0.2) is 118 Å². The SMILES string of the molecule is COC1=CC(c2cc3ccccc3n2C(=O)OCC(O)CO)=N/C1=C\c1[nH]c(C)cc1C.COC1=CC(c2cc3ccccc3n2C(=O)c2ccccc2)=N/C1=C/c1[nH]c(C)cc1C.Cc1cc(C)c(/C=c2/[nH]c(=C3C=c4cc(F)ccc4=N3)cc2OC(C)C)[nH]1.Cc1cc(C)c(/C=c2\[nH]c(=C3C=c4ccc(F)cc4=N3)cc2OC(C)C)[nH]1. The molecule has 0 amide bonds. The van der Waals surface area contributed by atoms with Crippen molar-refractivity contribution in [2.75, 3.05) is 27.4 Å². The molecule has 0 radical (unpaired) electrons. The number of benzene rings is 5. The van der Waals surface area contributed by atoms with E-state index in [-0.39, 0.29) is 36.4 Å². The Labute approximate surface area is 678 Å². The summed E-state index contributed by atoms with van der Waals surface area (Å²) in [4.78, 5) is 65.4. The van der Waals surface area contributed by atoms with Crippen LogP contribution in [0.1, 0.15) is 117 Å². The predicted molar refractivity (Wildman–Crippen MR) is 459 cm³/mol. The number of aryl methyl sites for hydroxylation is 8. The van der Waals surface area contributed by atoms with Gasteiger partial charge in [-0.3, -0.25) is 9.36 Å². The van der Waals surface area contributed by atoms with Crippen LogP contribution >= 0.6 is 0 Å². The third kappa shape index (κ3) is 18.0. The minimum absolute atomic E-state index is 0.0491. The molecular weight excluding hydrogens is 1490 g/mol. The molecule has 0 bridgehead atoms. The lowest BCUT2D eigenvalue weighted by Crippen LogP contribution is -2.25. The smallest absolute Gasteiger partial charge is 0.419 e. The second-order valence-electron chi connectivity index (χ2n) is 29.8. The summed E-state index contributed by atoms with van der Waals surface area (Å²) in [7, 11) is 3.21. The summed E-state index contributed by atoms with van der Waals surface area (Å²) in [5.41, 5.74) is 20.5. The summed E-state index contributed by atoms with van der Waals surface area (Å²) in [6.45, 7) is 23.5. The number of aliphatic imine (C=N–C) groups is 2. The quantitative estimate of drug-likeness (QED) is 0.0456. The number of halogens is 2. The zero-order valence-corrected chi connectivity index (χ0v) is 68.0. The summed E-state index contributed by atoms with van der Waals surface area (Å²) >= 11 is 0. The number of aromatic nitrogens is 8. The van der Waals surface area contributed by atoms with Crippen molar-refractivity contribution in [3.05, 3.63) is 338 Å². The van der Waals surface area contributed by atoms with Crippen molar-refractivity contribution in [2.45, 2.75) is 101 Å². The molecule has 0 aliphatic carbocycles. The average Bonchev–Trinajstić information content (AvgIpc) is 1.60. The predicted octanol–water partition coefficient (Wildman–Crippen LogP) is 12.8. The summed E-state index contributed by atoms with van der Waals surface area (Å²) in [5.74, 6) is 2.14. The molecule has 118 heavy (non-hydrogen) atoms. The van der Waals surface area contributed by atoms with Crippen molar-refractivity contribution in [3.63, 3.8) is 0 Å². The van der Waals surface area contributed by atoms with Crippen LogP contribution in [0.25, 0.3) is 69.7 Å². The monoisotopic (exact) mass is 1580 g/mol. The highest BCUT2D eigenvalue weighted by Gasteiger charge is 2.28. The van der Waals surface area contributed by atoms with Crippen LogP contribution < -0.4 is 52.0 Å². The van der Waals surface area contributed by atoms with E-state index in [1.807, 2.05) is 202 Å². The number of carbonyl (C=O) groups is 2. The number of hydrogen-bond donors (Lipinski definition) is 8. The number of H-pyrrole nitrogens is 6. The number of aromatic amines is 6. The minimum Gasteiger partial charge on any atom is -0.494 e. The van der Waals surface area contributed by atoms with Gasteiger partial charge in [0.15, 0.2) is 0 Å². The van der Waals surface area contributed by atoms with Crippen molar-refractivity contribution >= 4 is 93.1 Å². The largest absolute Gasteiger partial charge is 0.494 e. The lowest BCUT2D eigenvalue weighted by atomic mass is 10.2. The summed E-state index contributed by atoms with van der Waals surface area (Å²) in [5, 5.41) is 26.9. The molecule has 4 aliphatic heterocycles. The van der Waals surface area contributed by atoms with Gasteiger partial charge in [0.1, 0.15) is 58.8 Å². The number of nitrogens with zero attached hydrogens (tertiary/aromatic N) is 6. The fourth-order valence-electron chi connectivity index (χ4n) is 14.4. The molecule has 600 valence electrons. The van der Waals surface area contributed by atoms with E-state index in [1.54, 1.807) is 43.1 Å². The Kier molecular flexibility index (Phi) is 23.7. The molecule has 0 saturated carbocycles. The molecule has 0 fully saturated rings. The molecule has 21 nitrogen and oxygen atoms in total. The molecule has 12 heterocycles. The van der Waals surface area contributed by atoms with Gasteiger partial charge in [0.05, 0.1) is 110 Å². The van der Waals surface area contributed by atoms with Crippen molar-refractivity contribution in [1.29, 1.82) is 0 Å². The van der Waals surface area contributed by atoms with Gasteiger partial charge >= 0.3 is 6.09 Å². The van der Waals surface area contributed by atoms with E-state index < -0.39 is 18.8 Å². The van der Waals surface area contributed by atoms with Crippen LogP contribution in [0, 0.1) is 67.0 Å². The first-order valence-electron chi connectivity index (χ1n) is 38.7. The fourth-order valence-corrected chi connectivity index (χ4v) is 14.4. The number of rotatable bonds is 16. The molecule has 5 aromatic carbocycles. The Hall–Kier alpha value is -13.9. The van der Waals surface area contributed by atoms with Gasteiger partial charge in [0, 0.05) is 103 Å². The maximum Gasteiger partial charge on any atom is 0.419 e. The molecule has 13 aromatic rings. The van der Waals surface area contributed by atoms with Gasteiger partial charge in [-0.25, -0.2) is 38.1 Å². The van der Waals surface area contributed by atoms with E-state index in [0.717, 1.165) is 144 Å². The minimum atomic E-state index is -1.14. The highest BCUT2D eigenvalue weighted by atomic mass is 19.1. The van der Waals surface area contributed by atoms with E-state index in [9.17, 15) is 23.5 Å². The molecule has 0 saturated heterocycles. The number of nitrogens with one attached hydrogen (secondary N) is 6. The maximum absolute atomic E-state index is 13.5. The van der Waals surface area contributed by atoms with E-state index in [4.69, 9.17) is 38.8 Å². The summed E-state index contributed by atoms with van der Waals surface area (Å²) in [6, 6.07) is 50.0. The number of ether oxygens (including phenoxy) is 5. The number of carbonyl (C=O) groups excluding carboxylic acids is 2. The van der Waals surface area contributed by atoms with Gasteiger partial charge in [-0.2, -0.15) is 0 Å². The molecule has 23 heteroatoms. The number of allylic oxidation sites excluding steroid dienone is 2. The van der Waals surface area contributed by atoms with Crippen LogP contribution in [0.2, 0.25) is 0 Å². The molecule has 1 atom stereocenters. The maximum atomic E-state index is 13.5. The highest BCUT2D eigenvalue weighted by Crippen LogP contribution is 2.32. The zero-order chi connectivity index (χ0) is 83.3. The Balaban J connectivity index is 0.000000130. The first-order valence-corrected chi connectivity index (χ1v) is 38.7. The lowest BCUT2D eigenvalue weighted by molar-refractivity contribution is 0.0328. The third-order valence-electron chi connectivity index (χ3n) is 19.8. The van der Waals surface area contributed by atoms with Gasteiger partial charge < -0.3 is 63.8 Å². The number of para-hydroxylation sites is 2. The highest BCUT2D eigenvalue weighted by molar-refractivity contribution is 6.18. The Morgan fingerprint density at radius 3 is 1.36 bits per heavy atom. The van der Waals surface area contributed by atoms with Crippen LogP contribution in [0.5, 0.6) is 11.5 Å². The number of hydrogen-bond acceptors (Lipinski definition) is 13. The van der Waals surface area contributed by atoms with Crippen molar-refractivity contribution in [2.24, 2.45) is 20.0 Å². The van der Waals surface area contributed by atoms with E-state index in [0.29, 0.717) is 50.8 Å². The first-order chi connectivity index (χ1) is 56.7. The van der Waals surface area contributed by atoms with Gasteiger partial charge in [-0.1, -0.05) is 54.6 Å². The van der Waals surface area contributed by atoms with Gasteiger partial charge in [-0.05, 0) is 233 Å². The molecular formula is C95H92F2N12O9. The summed E-state index contributed by atoms with van der Waals surface area (Å²) < 4.78 is 58.5. The number of aliphatic hydroxyl groups excluding tert-OH is 2. The Morgan fingerprint density at radius 1 is 0.466 bits per heavy atom. The molecule has 8 N–H and O–H groups in total. The Bertz CT molecular complexity index is 6660. The van der Waals surface area contributed by atoms with Gasteiger partial charge in [-0.15, -0.1) is 0 Å². The molecule has 1 unspecified atom stereocenters. The van der Waals surface area contributed by atoms with Gasteiger partial charge in [0.25, 0.3) is 5.91 Å².